The van der Waals surface area contributed by atoms with Crippen LogP contribution in [0.4, 0.5) is 0 Å². The second kappa shape index (κ2) is 6.12. The van der Waals surface area contributed by atoms with Gasteiger partial charge in [0.2, 0.25) is 5.91 Å². The largest absolute Gasteiger partial charge is 0.458 e. The summed E-state index contributed by atoms with van der Waals surface area (Å²) in [5.41, 5.74) is 3.08. The lowest BCUT2D eigenvalue weighted by Gasteiger charge is -2.20. The first-order valence-electron chi connectivity index (χ1n) is 8.70. The molecule has 1 aromatic carbocycles. The molecule has 6 heteroatoms. The predicted octanol–water partition coefficient (Wildman–Crippen LogP) is 2.20. The van der Waals surface area contributed by atoms with Gasteiger partial charge in [-0.25, -0.2) is 4.79 Å². The third-order valence-corrected chi connectivity index (χ3v) is 5.17. The van der Waals surface area contributed by atoms with E-state index in [4.69, 9.17) is 9.47 Å². The van der Waals surface area contributed by atoms with E-state index in [0.717, 1.165) is 11.1 Å². The molecule has 0 saturated carbocycles. The molecule has 0 spiro atoms. The summed E-state index contributed by atoms with van der Waals surface area (Å²) in [7, 11) is 0. The maximum absolute atomic E-state index is 12.9. The van der Waals surface area contributed by atoms with Crippen LogP contribution >= 0.6 is 0 Å². The van der Waals surface area contributed by atoms with Gasteiger partial charge in [-0.3, -0.25) is 14.5 Å². The number of esters is 1. The number of hydrogen-bond donors (Lipinski definition) is 0. The lowest BCUT2D eigenvalue weighted by Crippen LogP contribution is -2.39. The van der Waals surface area contributed by atoms with Crippen molar-refractivity contribution < 1.29 is 23.9 Å². The molecule has 0 aromatic heterocycles. The van der Waals surface area contributed by atoms with E-state index in [1.807, 2.05) is 24.3 Å². The van der Waals surface area contributed by atoms with Crippen molar-refractivity contribution in [3.8, 4) is 0 Å². The quantitative estimate of drug-likeness (QED) is 0.473. The molecule has 0 radical (unpaired) electrons. The highest BCUT2D eigenvalue weighted by Gasteiger charge is 2.51. The Morgan fingerprint density at radius 1 is 1.35 bits per heavy atom. The number of likely N-dealkylation sites (tertiary alicyclic amines) is 1. The third-order valence-electron chi connectivity index (χ3n) is 5.17. The van der Waals surface area contributed by atoms with Crippen molar-refractivity contribution in [3.05, 3.63) is 58.9 Å². The van der Waals surface area contributed by atoms with Gasteiger partial charge in [0.1, 0.15) is 0 Å². The summed E-state index contributed by atoms with van der Waals surface area (Å²) in [6.45, 7) is 3.39. The Morgan fingerprint density at radius 3 is 2.81 bits per heavy atom. The molecule has 4 rings (SSSR count). The van der Waals surface area contributed by atoms with Gasteiger partial charge < -0.3 is 9.47 Å². The summed E-state index contributed by atoms with van der Waals surface area (Å²) in [5, 5.41) is 0. The Balaban J connectivity index is 1.68. The maximum atomic E-state index is 12.9. The average Bonchev–Trinajstić information content (AvgIpc) is 3.23. The fourth-order valence-corrected chi connectivity index (χ4v) is 3.92. The van der Waals surface area contributed by atoms with E-state index in [9.17, 15) is 14.4 Å². The van der Waals surface area contributed by atoms with Gasteiger partial charge in [-0.2, -0.15) is 0 Å². The minimum absolute atomic E-state index is 0.191. The lowest BCUT2D eigenvalue weighted by atomic mass is 9.94. The number of ether oxygens (including phenoxy) is 2. The molecule has 134 valence electrons. The van der Waals surface area contributed by atoms with Crippen LogP contribution in [0.2, 0.25) is 0 Å². The fourth-order valence-electron chi connectivity index (χ4n) is 3.92. The van der Waals surface area contributed by atoms with Gasteiger partial charge in [-0.05, 0) is 24.5 Å². The minimum atomic E-state index is -0.839. The SMILES string of the molecule is CCC(=O)N1C(=O)/C(=C/OC2C=C(C)C(=O)O2)C2c3ccccc3CC21. The molecule has 26 heavy (non-hydrogen) atoms. The number of carbonyl (C=O) groups is 3. The van der Waals surface area contributed by atoms with Gasteiger partial charge >= 0.3 is 5.97 Å². The van der Waals surface area contributed by atoms with Crippen LogP contribution in [0, 0.1) is 0 Å². The number of cyclic esters (lactones) is 1. The Labute approximate surface area is 151 Å². The molecule has 1 aliphatic carbocycles. The molecule has 1 saturated heterocycles. The minimum Gasteiger partial charge on any atom is -0.458 e. The molecule has 3 unspecified atom stereocenters. The molecule has 3 atom stereocenters. The molecular formula is C20H19NO5. The highest BCUT2D eigenvalue weighted by atomic mass is 16.7. The lowest BCUT2D eigenvalue weighted by molar-refractivity contribution is -0.152. The van der Waals surface area contributed by atoms with Crippen molar-refractivity contribution in [2.24, 2.45) is 0 Å². The van der Waals surface area contributed by atoms with Crippen molar-refractivity contribution >= 4 is 17.8 Å². The highest BCUT2D eigenvalue weighted by Crippen LogP contribution is 2.47. The number of nitrogens with zero attached hydrogens (tertiary/aromatic N) is 1. The van der Waals surface area contributed by atoms with Crippen LogP contribution in [0.5, 0.6) is 0 Å². The predicted molar refractivity (Wildman–Crippen MR) is 91.6 cm³/mol. The molecule has 0 bridgehead atoms. The van der Waals surface area contributed by atoms with Gasteiger partial charge in [-0.1, -0.05) is 31.2 Å². The van der Waals surface area contributed by atoms with Crippen molar-refractivity contribution in [2.45, 2.75) is 44.9 Å². The summed E-state index contributed by atoms with van der Waals surface area (Å²) in [6, 6.07) is 7.68. The van der Waals surface area contributed by atoms with E-state index < -0.39 is 12.3 Å². The standard InChI is InChI=1S/C20H19NO5/c1-3-16(22)21-15-9-12-6-4-5-7-13(12)18(15)14(19(21)23)10-25-17-8-11(2)20(24)26-17/h4-8,10,15,17-18H,3,9H2,1-2H3/b14-10+. The van der Waals surface area contributed by atoms with Crippen LogP contribution in [-0.2, 0) is 30.3 Å². The van der Waals surface area contributed by atoms with Gasteiger partial charge in [0, 0.05) is 24.0 Å². The Bertz CT molecular complexity index is 869. The number of hydrogen-bond acceptors (Lipinski definition) is 5. The molecule has 2 amide bonds. The summed E-state index contributed by atoms with van der Waals surface area (Å²) in [6.07, 6.45) is 2.99. The van der Waals surface area contributed by atoms with Crippen molar-refractivity contribution in [3.63, 3.8) is 0 Å². The number of rotatable bonds is 3. The van der Waals surface area contributed by atoms with Gasteiger partial charge in [0.15, 0.2) is 0 Å². The van der Waals surface area contributed by atoms with Crippen molar-refractivity contribution in [1.29, 1.82) is 0 Å². The van der Waals surface area contributed by atoms with Crippen LogP contribution in [-0.4, -0.2) is 35.0 Å². The molecule has 1 aromatic rings. The number of carbonyl (C=O) groups excluding carboxylic acids is 3. The van der Waals surface area contributed by atoms with Gasteiger partial charge in [0.05, 0.1) is 17.9 Å². The zero-order valence-electron chi connectivity index (χ0n) is 14.6. The van der Waals surface area contributed by atoms with Gasteiger partial charge in [0.25, 0.3) is 12.2 Å². The third kappa shape index (κ3) is 2.44. The topological polar surface area (TPSA) is 72.9 Å². The highest BCUT2D eigenvalue weighted by molar-refractivity contribution is 6.08. The van der Waals surface area contributed by atoms with E-state index in [1.54, 1.807) is 19.9 Å². The normalized spacial score (nSPS) is 28.1. The van der Waals surface area contributed by atoms with Gasteiger partial charge in [-0.15, -0.1) is 0 Å². The second-order valence-electron chi connectivity index (χ2n) is 6.70. The summed E-state index contributed by atoms with van der Waals surface area (Å²) < 4.78 is 10.6. The first kappa shape index (κ1) is 16.6. The zero-order chi connectivity index (χ0) is 18.4. The van der Waals surface area contributed by atoms with Crippen LogP contribution in [0.3, 0.4) is 0 Å². The van der Waals surface area contributed by atoms with Crippen LogP contribution in [0.15, 0.2) is 47.7 Å². The maximum Gasteiger partial charge on any atom is 0.336 e. The van der Waals surface area contributed by atoms with Crippen LogP contribution in [0.25, 0.3) is 0 Å². The molecular weight excluding hydrogens is 334 g/mol. The van der Waals surface area contributed by atoms with E-state index in [0.29, 0.717) is 17.6 Å². The summed E-state index contributed by atoms with van der Waals surface area (Å²) in [4.78, 5) is 38.1. The first-order valence-corrected chi connectivity index (χ1v) is 8.70. The van der Waals surface area contributed by atoms with E-state index >= 15 is 0 Å². The van der Waals surface area contributed by atoms with Crippen molar-refractivity contribution in [1.82, 2.24) is 4.90 Å². The summed E-state index contributed by atoms with van der Waals surface area (Å²) >= 11 is 0. The molecule has 2 heterocycles. The fraction of sp³-hybridized carbons (Fsp3) is 0.350. The molecule has 6 nitrogen and oxygen atoms in total. The number of fused-ring (bicyclic) bond motifs is 3. The molecule has 1 fully saturated rings. The number of benzene rings is 1. The van der Waals surface area contributed by atoms with E-state index in [-0.39, 0.29) is 30.2 Å². The van der Waals surface area contributed by atoms with Crippen LogP contribution < -0.4 is 0 Å². The second-order valence-corrected chi connectivity index (χ2v) is 6.70. The van der Waals surface area contributed by atoms with E-state index in [1.165, 1.54) is 11.2 Å². The molecule has 3 aliphatic rings. The first-order chi connectivity index (χ1) is 12.5. The molecule has 0 N–H and O–H groups in total. The summed E-state index contributed by atoms with van der Waals surface area (Å²) in [5.74, 6) is -1.16. The number of amides is 2. The molecule has 2 aliphatic heterocycles. The Hall–Kier alpha value is -2.89. The monoisotopic (exact) mass is 353 g/mol. The smallest absolute Gasteiger partial charge is 0.336 e. The van der Waals surface area contributed by atoms with Crippen LogP contribution in [0.1, 0.15) is 37.3 Å². The zero-order valence-corrected chi connectivity index (χ0v) is 14.6. The Morgan fingerprint density at radius 2 is 2.12 bits per heavy atom. The average molecular weight is 353 g/mol. The Kier molecular flexibility index (Phi) is 3.90. The van der Waals surface area contributed by atoms with E-state index in [2.05, 4.69) is 0 Å². The number of imide groups is 1. The van der Waals surface area contributed by atoms with Crippen molar-refractivity contribution in [2.75, 3.05) is 0 Å².